The summed E-state index contributed by atoms with van der Waals surface area (Å²) < 4.78 is 31.1. The van der Waals surface area contributed by atoms with Crippen LogP contribution in [-0.4, -0.2) is 16.2 Å². The van der Waals surface area contributed by atoms with Crippen molar-refractivity contribution in [2.24, 2.45) is 0 Å². The van der Waals surface area contributed by atoms with Crippen molar-refractivity contribution in [1.29, 1.82) is 0 Å². The van der Waals surface area contributed by atoms with Gasteiger partial charge in [0.2, 0.25) is 0 Å². The van der Waals surface area contributed by atoms with E-state index in [1.54, 1.807) is 6.92 Å². The molecule has 1 heterocycles. The van der Waals surface area contributed by atoms with Gasteiger partial charge in [-0.1, -0.05) is 5.16 Å². The van der Waals surface area contributed by atoms with Crippen LogP contribution in [0.15, 0.2) is 22.7 Å². The Hall–Kier alpha value is -2.24. The summed E-state index contributed by atoms with van der Waals surface area (Å²) >= 11 is 0. The zero-order valence-corrected chi connectivity index (χ0v) is 10.1. The predicted octanol–water partition coefficient (Wildman–Crippen LogP) is 2.95. The average Bonchev–Trinajstić information content (AvgIpc) is 2.71. The van der Waals surface area contributed by atoms with E-state index < -0.39 is 17.6 Å². The van der Waals surface area contributed by atoms with Crippen LogP contribution >= 0.6 is 0 Å². The summed E-state index contributed by atoms with van der Waals surface area (Å²) in [6.07, 6.45) is 0.137. The maximum absolute atomic E-state index is 13.2. The lowest BCUT2D eigenvalue weighted by Gasteiger charge is -2.02. The van der Waals surface area contributed by atoms with Crippen molar-refractivity contribution in [2.45, 2.75) is 19.8 Å². The number of hydrogen-bond donors (Lipinski definition) is 1. The zero-order chi connectivity index (χ0) is 14.0. The minimum atomic E-state index is -0.990. The van der Waals surface area contributed by atoms with E-state index in [1.165, 1.54) is 6.07 Å². The summed E-state index contributed by atoms with van der Waals surface area (Å²) in [4.78, 5) is 10.6. The van der Waals surface area contributed by atoms with E-state index in [4.69, 9.17) is 9.63 Å². The van der Waals surface area contributed by atoms with Crippen LogP contribution in [0.3, 0.4) is 0 Å². The molecule has 0 amide bonds. The second kappa shape index (κ2) is 5.17. The van der Waals surface area contributed by atoms with Crippen LogP contribution in [-0.2, 0) is 11.2 Å². The Bertz CT molecular complexity index is 622. The maximum Gasteiger partial charge on any atom is 0.303 e. The van der Waals surface area contributed by atoms with Gasteiger partial charge in [-0.05, 0) is 31.5 Å². The van der Waals surface area contributed by atoms with Crippen LogP contribution < -0.4 is 0 Å². The predicted molar refractivity (Wildman–Crippen MR) is 62.5 cm³/mol. The molecule has 0 atom stereocenters. The SMILES string of the molecule is Cc1noc(-c2ccc(F)c(F)c2)c1CCC(=O)O. The minimum absolute atomic E-state index is 0.0846. The lowest BCUT2D eigenvalue weighted by atomic mass is 10.0. The molecule has 0 fully saturated rings. The number of carboxylic acids is 1. The third kappa shape index (κ3) is 2.78. The molecule has 1 aromatic heterocycles. The fraction of sp³-hybridized carbons (Fsp3) is 0.231. The Morgan fingerprint density at radius 1 is 1.37 bits per heavy atom. The molecule has 0 saturated carbocycles. The highest BCUT2D eigenvalue weighted by Crippen LogP contribution is 2.28. The summed E-state index contributed by atoms with van der Waals surface area (Å²) in [5.41, 5.74) is 1.47. The molecule has 100 valence electrons. The van der Waals surface area contributed by atoms with E-state index >= 15 is 0 Å². The monoisotopic (exact) mass is 267 g/mol. The van der Waals surface area contributed by atoms with Crippen molar-refractivity contribution in [3.05, 3.63) is 41.1 Å². The third-order valence-electron chi connectivity index (χ3n) is 2.76. The number of benzene rings is 1. The fourth-order valence-corrected chi connectivity index (χ4v) is 1.78. The van der Waals surface area contributed by atoms with Crippen molar-refractivity contribution in [3.63, 3.8) is 0 Å². The van der Waals surface area contributed by atoms with Crippen LogP contribution in [0.1, 0.15) is 17.7 Å². The van der Waals surface area contributed by atoms with Crippen molar-refractivity contribution < 1.29 is 23.2 Å². The van der Waals surface area contributed by atoms with Gasteiger partial charge >= 0.3 is 5.97 Å². The molecule has 0 aliphatic heterocycles. The summed E-state index contributed by atoms with van der Waals surface area (Å²) in [5.74, 6) is -2.61. The van der Waals surface area contributed by atoms with Crippen molar-refractivity contribution >= 4 is 5.97 Å². The lowest BCUT2D eigenvalue weighted by molar-refractivity contribution is -0.136. The van der Waals surface area contributed by atoms with Gasteiger partial charge in [-0.25, -0.2) is 8.78 Å². The van der Waals surface area contributed by atoms with Gasteiger partial charge in [0.25, 0.3) is 0 Å². The fourth-order valence-electron chi connectivity index (χ4n) is 1.78. The van der Waals surface area contributed by atoms with Crippen molar-refractivity contribution in [3.8, 4) is 11.3 Å². The molecule has 0 unspecified atom stereocenters. The van der Waals surface area contributed by atoms with Gasteiger partial charge in [0, 0.05) is 17.5 Å². The molecule has 2 aromatic rings. The molecule has 0 saturated heterocycles. The first-order valence-corrected chi connectivity index (χ1v) is 5.61. The van der Waals surface area contributed by atoms with Gasteiger partial charge in [-0.15, -0.1) is 0 Å². The summed E-state index contributed by atoms with van der Waals surface area (Å²) in [5, 5.41) is 12.4. The van der Waals surface area contributed by atoms with Crippen LogP contribution in [0.4, 0.5) is 8.78 Å². The molecule has 0 aliphatic rings. The second-order valence-electron chi connectivity index (χ2n) is 4.10. The van der Waals surface area contributed by atoms with Crippen molar-refractivity contribution in [2.75, 3.05) is 0 Å². The molecule has 0 radical (unpaired) electrons. The highest BCUT2D eigenvalue weighted by atomic mass is 19.2. The van der Waals surface area contributed by atoms with Gasteiger partial charge in [0.05, 0.1) is 5.69 Å². The topological polar surface area (TPSA) is 63.3 Å². The Balaban J connectivity index is 2.38. The van der Waals surface area contributed by atoms with Gasteiger partial charge < -0.3 is 9.63 Å². The summed E-state index contributed by atoms with van der Waals surface area (Å²) in [7, 11) is 0. The molecule has 6 heteroatoms. The number of hydrogen-bond acceptors (Lipinski definition) is 3. The Kier molecular flexibility index (Phi) is 3.59. The van der Waals surface area contributed by atoms with E-state index in [1.807, 2.05) is 0 Å². The van der Waals surface area contributed by atoms with Gasteiger partial charge in [0.15, 0.2) is 17.4 Å². The maximum atomic E-state index is 13.2. The molecule has 1 aromatic carbocycles. The molecule has 1 N–H and O–H groups in total. The minimum Gasteiger partial charge on any atom is -0.481 e. The van der Waals surface area contributed by atoms with E-state index in [0.29, 0.717) is 16.8 Å². The molecule has 4 nitrogen and oxygen atoms in total. The first kappa shape index (κ1) is 13.2. The first-order valence-electron chi connectivity index (χ1n) is 5.61. The molecule has 0 spiro atoms. The van der Waals surface area contributed by atoms with Crippen LogP contribution in [0.2, 0.25) is 0 Å². The number of aryl methyl sites for hydroxylation is 1. The number of halogens is 2. The quantitative estimate of drug-likeness (QED) is 0.925. The molecule has 0 aliphatic carbocycles. The Labute approximate surface area is 107 Å². The zero-order valence-electron chi connectivity index (χ0n) is 10.1. The first-order chi connectivity index (χ1) is 8.99. The smallest absolute Gasteiger partial charge is 0.303 e. The number of aliphatic carboxylic acids is 1. The van der Waals surface area contributed by atoms with E-state index in [2.05, 4.69) is 5.16 Å². The number of nitrogens with zero attached hydrogens (tertiary/aromatic N) is 1. The molecular weight excluding hydrogens is 256 g/mol. The normalized spacial score (nSPS) is 10.7. The van der Waals surface area contributed by atoms with Crippen molar-refractivity contribution in [1.82, 2.24) is 5.16 Å². The standard InChI is InChI=1S/C13H11F2NO3/c1-7-9(3-5-12(17)18)13(19-16-7)8-2-4-10(14)11(15)6-8/h2,4,6H,3,5H2,1H3,(H,17,18). The average molecular weight is 267 g/mol. The van der Waals surface area contributed by atoms with Crippen LogP contribution in [0.25, 0.3) is 11.3 Å². The van der Waals surface area contributed by atoms with E-state index in [-0.39, 0.29) is 18.6 Å². The number of carboxylic acid groups (broad SMARTS) is 1. The Morgan fingerprint density at radius 2 is 2.11 bits per heavy atom. The third-order valence-corrected chi connectivity index (χ3v) is 2.76. The van der Waals surface area contributed by atoms with E-state index in [9.17, 15) is 13.6 Å². The van der Waals surface area contributed by atoms with Gasteiger partial charge in [0.1, 0.15) is 0 Å². The highest BCUT2D eigenvalue weighted by Gasteiger charge is 2.17. The van der Waals surface area contributed by atoms with E-state index in [0.717, 1.165) is 12.1 Å². The number of aromatic nitrogens is 1. The summed E-state index contributed by atoms with van der Waals surface area (Å²) in [6, 6.07) is 3.35. The molecule has 19 heavy (non-hydrogen) atoms. The molecule has 0 bridgehead atoms. The second-order valence-corrected chi connectivity index (χ2v) is 4.10. The highest BCUT2D eigenvalue weighted by molar-refractivity contribution is 5.68. The van der Waals surface area contributed by atoms with Crippen LogP contribution in [0, 0.1) is 18.6 Å². The van der Waals surface area contributed by atoms with Crippen LogP contribution in [0.5, 0.6) is 0 Å². The molecule has 2 rings (SSSR count). The summed E-state index contributed by atoms with van der Waals surface area (Å²) in [6.45, 7) is 1.67. The van der Waals surface area contributed by atoms with Gasteiger partial charge in [-0.2, -0.15) is 0 Å². The van der Waals surface area contributed by atoms with Gasteiger partial charge in [-0.3, -0.25) is 4.79 Å². The Morgan fingerprint density at radius 3 is 2.74 bits per heavy atom. The molecular formula is C13H11F2NO3. The number of rotatable bonds is 4. The lowest BCUT2D eigenvalue weighted by Crippen LogP contribution is -1.99. The largest absolute Gasteiger partial charge is 0.481 e. The number of carbonyl (C=O) groups is 1.